The van der Waals surface area contributed by atoms with E-state index in [1.54, 1.807) is 4.90 Å². The summed E-state index contributed by atoms with van der Waals surface area (Å²) in [6.07, 6.45) is 4.65. The summed E-state index contributed by atoms with van der Waals surface area (Å²) in [6.45, 7) is 7.86. The maximum Gasteiger partial charge on any atom is 0.410 e. The fourth-order valence-corrected chi connectivity index (χ4v) is 2.22. The lowest BCUT2D eigenvalue weighted by Crippen LogP contribution is -2.45. The molecular formula is C13H25NO2. The van der Waals surface area contributed by atoms with Gasteiger partial charge in [-0.15, -0.1) is 0 Å². The largest absolute Gasteiger partial charge is 0.444 e. The Kier molecular flexibility index (Phi) is 4.22. The summed E-state index contributed by atoms with van der Waals surface area (Å²) in [7, 11) is 1.86. The van der Waals surface area contributed by atoms with Crippen molar-refractivity contribution in [2.75, 3.05) is 7.05 Å². The average molecular weight is 227 g/mol. The molecule has 1 saturated carbocycles. The van der Waals surface area contributed by atoms with Crippen molar-refractivity contribution in [3.05, 3.63) is 0 Å². The molecule has 1 amide bonds. The maximum atomic E-state index is 11.9. The highest BCUT2D eigenvalue weighted by atomic mass is 16.6. The van der Waals surface area contributed by atoms with Crippen molar-refractivity contribution in [2.24, 2.45) is 5.92 Å². The van der Waals surface area contributed by atoms with Crippen LogP contribution < -0.4 is 0 Å². The van der Waals surface area contributed by atoms with Gasteiger partial charge in [-0.05, 0) is 46.0 Å². The van der Waals surface area contributed by atoms with E-state index in [0.29, 0.717) is 12.0 Å². The molecule has 1 aliphatic carbocycles. The predicted octanol–water partition coefficient (Wildman–Crippen LogP) is 3.43. The third-order valence-corrected chi connectivity index (χ3v) is 3.29. The lowest BCUT2D eigenvalue weighted by Gasteiger charge is -2.39. The molecule has 0 heterocycles. The molecule has 1 atom stereocenters. The first-order valence-electron chi connectivity index (χ1n) is 6.31. The Balaban J connectivity index is 2.53. The van der Waals surface area contributed by atoms with Crippen molar-refractivity contribution in [2.45, 2.75) is 65.0 Å². The van der Waals surface area contributed by atoms with Crippen molar-refractivity contribution >= 4 is 6.09 Å². The standard InChI is InChI=1S/C13H25NO2/c1-6-11(10-8-7-9-10)14(5)12(15)16-13(2,3)4/h10-11H,6-9H2,1-5H3. The van der Waals surface area contributed by atoms with Gasteiger partial charge in [0.1, 0.15) is 5.60 Å². The fourth-order valence-electron chi connectivity index (χ4n) is 2.22. The maximum absolute atomic E-state index is 11.9. The first kappa shape index (κ1) is 13.3. The third kappa shape index (κ3) is 3.39. The van der Waals surface area contributed by atoms with E-state index >= 15 is 0 Å². The molecule has 0 spiro atoms. The Morgan fingerprint density at radius 2 is 2.00 bits per heavy atom. The van der Waals surface area contributed by atoms with Crippen LogP contribution in [0.3, 0.4) is 0 Å². The summed E-state index contributed by atoms with van der Waals surface area (Å²) >= 11 is 0. The van der Waals surface area contributed by atoms with E-state index in [9.17, 15) is 4.79 Å². The van der Waals surface area contributed by atoms with E-state index in [1.165, 1.54) is 19.3 Å². The van der Waals surface area contributed by atoms with Gasteiger partial charge in [0, 0.05) is 13.1 Å². The van der Waals surface area contributed by atoms with Crippen LogP contribution in [0, 0.1) is 5.92 Å². The molecule has 0 aromatic heterocycles. The van der Waals surface area contributed by atoms with Gasteiger partial charge in [-0.3, -0.25) is 0 Å². The Hall–Kier alpha value is -0.730. The van der Waals surface area contributed by atoms with Crippen LogP contribution in [0.1, 0.15) is 53.4 Å². The fraction of sp³-hybridized carbons (Fsp3) is 0.923. The Morgan fingerprint density at radius 3 is 2.31 bits per heavy atom. The second kappa shape index (κ2) is 5.07. The minimum atomic E-state index is -0.400. The topological polar surface area (TPSA) is 29.5 Å². The second-order valence-corrected chi connectivity index (χ2v) is 5.76. The van der Waals surface area contributed by atoms with Crippen molar-refractivity contribution in [3.63, 3.8) is 0 Å². The number of rotatable bonds is 3. The number of amides is 1. The molecule has 3 nitrogen and oxygen atoms in total. The number of hydrogen-bond acceptors (Lipinski definition) is 2. The summed E-state index contributed by atoms with van der Waals surface area (Å²) in [5, 5.41) is 0. The summed E-state index contributed by atoms with van der Waals surface area (Å²) < 4.78 is 5.39. The number of nitrogens with zero attached hydrogens (tertiary/aromatic N) is 1. The van der Waals surface area contributed by atoms with Gasteiger partial charge < -0.3 is 9.64 Å². The van der Waals surface area contributed by atoms with E-state index in [1.807, 2.05) is 27.8 Å². The van der Waals surface area contributed by atoms with Crippen LogP contribution >= 0.6 is 0 Å². The molecule has 94 valence electrons. The minimum absolute atomic E-state index is 0.189. The normalized spacial score (nSPS) is 18.8. The molecule has 1 aliphatic rings. The van der Waals surface area contributed by atoms with E-state index < -0.39 is 5.60 Å². The highest BCUT2D eigenvalue weighted by molar-refractivity contribution is 5.68. The van der Waals surface area contributed by atoms with Crippen LogP contribution in [0.25, 0.3) is 0 Å². The highest BCUT2D eigenvalue weighted by Gasteiger charge is 2.32. The first-order chi connectivity index (χ1) is 7.35. The number of ether oxygens (including phenoxy) is 1. The molecule has 0 aliphatic heterocycles. The summed E-state index contributed by atoms with van der Waals surface area (Å²) in [5.74, 6) is 0.683. The minimum Gasteiger partial charge on any atom is -0.444 e. The molecular weight excluding hydrogens is 202 g/mol. The lowest BCUT2D eigenvalue weighted by molar-refractivity contribution is 0.0102. The monoisotopic (exact) mass is 227 g/mol. The summed E-state index contributed by atoms with van der Waals surface area (Å²) in [6, 6.07) is 0.351. The van der Waals surface area contributed by atoms with Crippen LogP contribution in [0.5, 0.6) is 0 Å². The van der Waals surface area contributed by atoms with Gasteiger partial charge >= 0.3 is 6.09 Å². The van der Waals surface area contributed by atoms with Gasteiger partial charge in [-0.2, -0.15) is 0 Å². The molecule has 1 rings (SSSR count). The van der Waals surface area contributed by atoms with Crippen molar-refractivity contribution in [3.8, 4) is 0 Å². The second-order valence-electron chi connectivity index (χ2n) is 5.76. The number of carbonyl (C=O) groups is 1. The predicted molar refractivity (Wildman–Crippen MR) is 65.4 cm³/mol. The Bertz CT molecular complexity index is 241. The quantitative estimate of drug-likeness (QED) is 0.739. The van der Waals surface area contributed by atoms with Crippen molar-refractivity contribution in [1.82, 2.24) is 4.90 Å². The molecule has 0 N–H and O–H groups in total. The number of hydrogen-bond donors (Lipinski definition) is 0. The van der Waals surface area contributed by atoms with E-state index in [0.717, 1.165) is 6.42 Å². The van der Waals surface area contributed by atoms with Crippen LogP contribution in [0.2, 0.25) is 0 Å². The zero-order chi connectivity index (χ0) is 12.3. The lowest BCUT2D eigenvalue weighted by atomic mass is 9.78. The van der Waals surface area contributed by atoms with Gasteiger partial charge in [-0.1, -0.05) is 13.3 Å². The van der Waals surface area contributed by atoms with Crippen molar-refractivity contribution < 1.29 is 9.53 Å². The number of carbonyl (C=O) groups excluding carboxylic acids is 1. The molecule has 0 saturated heterocycles. The first-order valence-corrected chi connectivity index (χ1v) is 6.31. The average Bonchev–Trinajstić information content (AvgIpc) is 2.06. The molecule has 1 unspecified atom stereocenters. The SMILES string of the molecule is CCC(C1CCC1)N(C)C(=O)OC(C)(C)C. The Labute approximate surface area is 99.1 Å². The summed E-state index contributed by atoms with van der Waals surface area (Å²) in [5.41, 5.74) is -0.400. The van der Waals surface area contributed by atoms with Gasteiger partial charge in [0.2, 0.25) is 0 Å². The van der Waals surface area contributed by atoms with Crippen LogP contribution in [0.15, 0.2) is 0 Å². The third-order valence-electron chi connectivity index (χ3n) is 3.29. The molecule has 0 aromatic rings. The molecule has 1 fully saturated rings. The molecule has 16 heavy (non-hydrogen) atoms. The van der Waals surface area contributed by atoms with Crippen molar-refractivity contribution in [1.29, 1.82) is 0 Å². The molecule has 3 heteroatoms. The van der Waals surface area contributed by atoms with Gasteiger partial charge in [0.15, 0.2) is 0 Å². The van der Waals surface area contributed by atoms with Crippen LogP contribution in [-0.4, -0.2) is 29.7 Å². The van der Waals surface area contributed by atoms with E-state index in [-0.39, 0.29) is 6.09 Å². The zero-order valence-electron chi connectivity index (χ0n) is 11.2. The Morgan fingerprint density at radius 1 is 1.44 bits per heavy atom. The van der Waals surface area contributed by atoms with Crippen LogP contribution in [0.4, 0.5) is 4.79 Å². The smallest absolute Gasteiger partial charge is 0.410 e. The zero-order valence-corrected chi connectivity index (χ0v) is 11.2. The van der Waals surface area contributed by atoms with Gasteiger partial charge in [0.05, 0.1) is 0 Å². The van der Waals surface area contributed by atoms with Crippen LogP contribution in [-0.2, 0) is 4.74 Å². The highest BCUT2D eigenvalue weighted by Crippen LogP contribution is 2.33. The van der Waals surface area contributed by atoms with Gasteiger partial charge in [0.25, 0.3) is 0 Å². The molecule has 0 aromatic carbocycles. The van der Waals surface area contributed by atoms with Gasteiger partial charge in [-0.25, -0.2) is 4.79 Å². The molecule has 0 radical (unpaired) electrons. The van der Waals surface area contributed by atoms with E-state index in [4.69, 9.17) is 4.74 Å². The van der Waals surface area contributed by atoms with E-state index in [2.05, 4.69) is 6.92 Å². The summed E-state index contributed by atoms with van der Waals surface area (Å²) in [4.78, 5) is 13.7. The molecule has 0 bridgehead atoms.